The number of alkyl halides is 2. The number of ether oxygens (including phenoxy) is 1. The highest BCUT2D eigenvalue weighted by molar-refractivity contribution is 5.77. The highest BCUT2D eigenvalue weighted by atomic mass is 19.3. The first kappa shape index (κ1) is 11.4. The Morgan fingerprint density at radius 1 is 1.50 bits per heavy atom. The number of rotatable bonds is 3. The van der Waals surface area contributed by atoms with Crippen molar-refractivity contribution in [2.75, 3.05) is 20.2 Å². The van der Waals surface area contributed by atoms with E-state index in [4.69, 9.17) is 0 Å². The van der Waals surface area contributed by atoms with Crippen LogP contribution in [0.5, 0.6) is 0 Å². The second kappa shape index (κ2) is 4.68. The summed E-state index contributed by atoms with van der Waals surface area (Å²) in [7, 11) is 0.985. The standard InChI is InChI=1S/C9H15F2NO2/c1-14-8(13)9(10,11)6-7-2-4-12-5-3-7/h7,12H,2-6H2,1H3. The van der Waals surface area contributed by atoms with Gasteiger partial charge in [-0.05, 0) is 31.8 Å². The molecule has 0 aromatic heterocycles. The summed E-state index contributed by atoms with van der Waals surface area (Å²) in [6.07, 6.45) is 1.01. The Hall–Kier alpha value is -0.710. The summed E-state index contributed by atoms with van der Waals surface area (Å²) in [6.45, 7) is 1.50. The first-order valence-corrected chi connectivity index (χ1v) is 4.73. The zero-order chi connectivity index (χ0) is 10.6. The van der Waals surface area contributed by atoms with Crippen molar-refractivity contribution >= 4 is 5.97 Å². The molecule has 5 heteroatoms. The molecule has 1 saturated heterocycles. The van der Waals surface area contributed by atoms with Gasteiger partial charge < -0.3 is 10.1 Å². The lowest BCUT2D eigenvalue weighted by molar-refractivity contribution is -0.171. The summed E-state index contributed by atoms with van der Waals surface area (Å²) >= 11 is 0. The van der Waals surface area contributed by atoms with Gasteiger partial charge in [-0.15, -0.1) is 0 Å². The molecule has 82 valence electrons. The summed E-state index contributed by atoms with van der Waals surface area (Å²) in [4.78, 5) is 10.7. The third kappa shape index (κ3) is 2.90. The third-order valence-electron chi connectivity index (χ3n) is 2.49. The third-order valence-corrected chi connectivity index (χ3v) is 2.49. The number of hydrogen-bond acceptors (Lipinski definition) is 3. The Kier molecular flexibility index (Phi) is 3.80. The van der Waals surface area contributed by atoms with Gasteiger partial charge in [0.25, 0.3) is 0 Å². The molecule has 1 rings (SSSR count). The van der Waals surface area contributed by atoms with Gasteiger partial charge in [0.15, 0.2) is 0 Å². The minimum Gasteiger partial charge on any atom is -0.465 e. The molecule has 0 aromatic rings. The lowest BCUT2D eigenvalue weighted by atomic mass is 9.91. The van der Waals surface area contributed by atoms with Crippen molar-refractivity contribution in [3.8, 4) is 0 Å². The Balaban J connectivity index is 2.44. The van der Waals surface area contributed by atoms with Crippen LogP contribution >= 0.6 is 0 Å². The Bertz CT molecular complexity index is 203. The maximum Gasteiger partial charge on any atom is 0.376 e. The Morgan fingerprint density at radius 3 is 2.57 bits per heavy atom. The average molecular weight is 207 g/mol. The van der Waals surface area contributed by atoms with Crippen molar-refractivity contribution in [2.24, 2.45) is 5.92 Å². The number of halogens is 2. The lowest BCUT2D eigenvalue weighted by Crippen LogP contribution is -2.36. The summed E-state index contributed by atoms with van der Waals surface area (Å²) < 4.78 is 30.3. The van der Waals surface area contributed by atoms with Crippen LogP contribution in [0.1, 0.15) is 19.3 Å². The van der Waals surface area contributed by atoms with Crippen LogP contribution < -0.4 is 5.32 Å². The smallest absolute Gasteiger partial charge is 0.376 e. The summed E-state index contributed by atoms with van der Waals surface area (Å²) in [6, 6.07) is 0. The van der Waals surface area contributed by atoms with Crippen molar-refractivity contribution in [3.05, 3.63) is 0 Å². The van der Waals surface area contributed by atoms with Crippen molar-refractivity contribution in [2.45, 2.75) is 25.2 Å². The predicted molar refractivity (Wildman–Crippen MR) is 47.2 cm³/mol. The van der Waals surface area contributed by atoms with Crippen LogP contribution in [0.25, 0.3) is 0 Å². The second-order valence-corrected chi connectivity index (χ2v) is 3.59. The fraction of sp³-hybridized carbons (Fsp3) is 0.889. The highest BCUT2D eigenvalue weighted by Crippen LogP contribution is 2.29. The zero-order valence-corrected chi connectivity index (χ0v) is 8.19. The largest absolute Gasteiger partial charge is 0.465 e. The molecule has 1 aliphatic heterocycles. The second-order valence-electron chi connectivity index (χ2n) is 3.59. The number of esters is 1. The molecular weight excluding hydrogens is 192 g/mol. The highest BCUT2D eigenvalue weighted by Gasteiger charge is 2.42. The van der Waals surface area contributed by atoms with Gasteiger partial charge in [-0.1, -0.05) is 0 Å². The number of carbonyl (C=O) groups excluding carboxylic acids is 1. The maximum absolute atomic E-state index is 13.1. The van der Waals surface area contributed by atoms with Gasteiger partial charge in [-0.25, -0.2) is 4.79 Å². The maximum atomic E-state index is 13.1. The summed E-state index contributed by atoms with van der Waals surface area (Å²) in [5.41, 5.74) is 0. The first-order chi connectivity index (χ1) is 6.56. The van der Waals surface area contributed by atoms with Gasteiger partial charge >= 0.3 is 11.9 Å². The molecule has 14 heavy (non-hydrogen) atoms. The van der Waals surface area contributed by atoms with E-state index in [1.807, 2.05) is 0 Å². The van der Waals surface area contributed by atoms with E-state index in [0.717, 1.165) is 20.2 Å². The molecule has 0 spiro atoms. The number of piperidine rings is 1. The van der Waals surface area contributed by atoms with E-state index in [2.05, 4.69) is 10.1 Å². The number of carbonyl (C=O) groups is 1. The van der Waals surface area contributed by atoms with E-state index in [-0.39, 0.29) is 12.3 Å². The number of methoxy groups -OCH3 is 1. The van der Waals surface area contributed by atoms with E-state index in [1.165, 1.54) is 0 Å². The molecule has 0 unspecified atom stereocenters. The van der Waals surface area contributed by atoms with Crippen LogP contribution in [0.4, 0.5) is 8.78 Å². The first-order valence-electron chi connectivity index (χ1n) is 4.73. The Labute approximate surface area is 81.8 Å². The monoisotopic (exact) mass is 207 g/mol. The molecule has 0 aromatic carbocycles. The number of hydrogen-bond donors (Lipinski definition) is 1. The lowest BCUT2D eigenvalue weighted by Gasteiger charge is -2.25. The van der Waals surface area contributed by atoms with Crippen LogP contribution in [0.15, 0.2) is 0 Å². The van der Waals surface area contributed by atoms with Crippen LogP contribution in [0.2, 0.25) is 0 Å². The molecule has 0 amide bonds. The van der Waals surface area contributed by atoms with Gasteiger partial charge in [0.1, 0.15) is 0 Å². The van der Waals surface area contributed by atoms with Gasteiger partial charge in [-0.2, -0.15) is 8.78 Å². The fourth-order valence-corrected chi connectivity index (χ4v) is 1.68. The molecule has 0 aliphatic carbocycles. The van der Waals surface area contributed by atoms with E-state index in [1.54, 1.807) is 0 Å². The molecular formula is C9H15F2NO2. The fourth-order valence-electron chi connectivity index (χ4n) is 1.68. The van der Waals surface area contributed by atoms with E-state index >= 15 is 0 Å². The molecule has 1 fully saturated rings. The molecule has 0 radical (unpaired) electrons. The normalized spacial score (nSPS) is 19.4. The molecule has 1 N–H and O–H groups in total. The van der Waals surface area contributed by atoms with Gasteiger partial charge in [0.2, 0.25) is 0 Å². The van der Waals surface area contributed by atoms with Crippen LogP contribution in [-0.2, 0) is 9.53 Å². The van der Waals surface area contributed by atoms with E-state index in [9.17, 15) is 13.6 Å². The van der Waals surface area contributed by atoms with Crippen molar-refractivity contribution in [1.82, 2.24) is 5.32 Å². The van der Waals surface area contributed by atoms with Crippen molar-refractivity contribution < 1.29 is 18.3 Å². The predicted octanol–water partition coefficient (Wildman–Crippen LogP) is 1.18. The quantitative estimate of drug-likeness (QED) is 0.706. The molecule has 0 atom stereocenters. The average Bonchev–Trinajstić information content (AvgIpc) is 2.17. The minimum absolute atomic E-state index is 0.0784. The van der Waals surface area contributed by atoms with Crippen LogP contribution in [-0.4, -0.2) is 32.1 Å². The zero-order valence-electron chi connectivity index (χ0n) is 8.19. The minimum atomic E-state index is -3.32. The topological polar surface area (TPSA) is 38.3 Å². The van der Waals surface area contributed by atoms with Gasteiger partial charge in [0, 0.05) is 6.42 Å². The van der Waals surface area contributed by atoms with E-state index in [0.29, 0.717) is 12.8 Å². The molecule has 0 saturated carbocycles. The molecule has 1 heterocycles. The van der Waals surface area contributed by atoms with Gasteiger partial charge in [0.05, 0.1) is 7.11 Å². The summed E-state index contributed by atoms with van der Waals surface area (Å²) in [5, 5.41) is 3.08. The van der Waals surface area contributed by atoms with Gasteiger partial charge in [-0.3, -0.25) is 0 Å². The van der Waals surface area contributed by atoms with E-state index < -0.39 is 11.9 Å². The van der Waals surface area contributed by atoms with Crippen LogP contribution in [0.3, 0.4) is 0 Å². The molecule has 3 nitrogen and oxygen atoms in total. The molecule has 1 aliphatic rings. The Morgan fingerprint density at radius 2 is 2.07 bits per heavy atom. The molecule has 0 bridgehead atoms. The van der Waals surface area contributed by atoms with Crippen LogP contribution in [0, 0.1) is 5.92 Å². The summed E-state index contributed by atoms with van der Waals surface area (Å²) in [5.74, 6) is -4.82. The number of nitrogens with one attached hydrogen (secondary N) is 1. The van der Waals surface area contributed by atoms with Crippen molar-refractivity contribution in [1.29, 1.82) is 0 Å². The SMILES string of the molecule is COC(=O)C(F)(F)CC1CCNCC1. The van der Waals surface area contributed by atoms with Crippen molar-refractivity contribution in [3.63, 3.8) is 0 Å².